The zero-order chi connectivity index (χ0) is 31.6. The standard InChI is InChI=1S/C38H35N3O/c1-22(2)30-20-27(26-12-8-7-9-13-26)21-31(23(3)4)36(30)41-35-25(6)39-19-18-32(35)40-38(41)29-17-16-24(5)34-28-14-10-11-15-33(28)42-37(29)34/h7-23H,1-6H3/i5D3. The Balaban J connectivity index is 1.64. The van der Waals surface area contributed by atoms with Gasteiger partial charge < -0.3 is 4.42 Å². The van der Waals surface area contributed by atoms with Gasteiger partial charge >= 0.3 is 0 Å². The van der Waals surface area contributed by atoms with Crippen LogP contribution < -0.4 is 0 Å². The molecular formula is C38H35N3O. The zero-order valence-electron chi connectivity index (χ0n) is 27.6. The predicted molar refractivity (Wildman–Crippen MR) is 175 cm³/mol. The topological polar surface area (TPSA) is 43.9 Å². The van der Waals surface area contributed by atoms with E-state index in [2.05, 4.69) is 68.7 Å². The molecule has 0 atom stereocenters. The number of fused-ring (bicyclic) bond motifs is 4. The molecule has 208 valence electrons. The number of aryl methyl sites for hydroxylation is 2. The number of nitrogens with zero attached hydrogens (tertiary/aromatic N) is 3. The van der Waals surface area contributed by atoms with Crippen LogP contribution in [-0.4, -0.2) is 14.5 Å². The molecule has 0 saturated carbocycles. The number of benzene rings is 4. The van der Waals surface area contributed by atoms with Crippen LogP contribution in [0.4, 0.5) is 0 Å². The van der Waals surface area contributed by atoms with E-state index in [4.69, 9.17) is 18.5 Å². The van der Waals surface area contributed by atoms with E-state index in [0.29, 0.717) is 22.4 Å². The van der Waals surface area contributed by atoms with Crippen molar-refractivity contribution in [3.8, 4) is 28.2 Å². The van der Waals surface area contributed by atoms with Crippen LogP contribution in [0.1, 0.15) is 66.0 Å². The zero-order valence-corrected chi connectivity index (χ0v) is 24.6. The number of para-hydroxylation sites is 1. The van der Waals surface area contributed by atoms with Crippen molar-refractivity contribution in [3.63, 3.8) is 0 Å². The molecule has 7 rings (SSSR count). The second-order valence-electron chi connectivity index (χ2n) is 11.7. The van der Waals surface area contributed by atoms with Gasteiger partial charge in [-0.25, -0.2) is 4.98 Å². The second kappa shape index (κ2) is 9.99. The fourth-order valence-electron chi connectivity index (χ4n) is 6.20. The van der Waals surface area contributed by atoms with Gasteiger partial charge in [-0.15, -0.1) is 0 Å². The van der Waals surface area contributed by atoms with E-state index in [1.165, 1.54) is 22.3 Å². The van der Waals surface area contributed by atoms with Gasteiger partial charge in [0.2, 0.25) is 0 Å². The highest BCUT2D eigenvalue weighted by Gasteiger charge is 2.26. The Morgan fingerprint density at radius 1 is 0.810 bits per heavy atom. The summed E-state index contributed by atoms with van der Waals surface area (Å²) < 4.78 is 33.8. The molecule has 4 heteroatoms. The van der Waals surface area contributed by atoms with Crippen LogP contribution in [0.15, 0.2) is 95.5 Å². The molecule has 0 aliphatic carbocycles. The summed E-state index contributed by atoms with van der Waals surface area (Å²) in [5.41, 5.74) is 10.6. The predicted octanol–water partition coefficient (Wildman–Crippen LogP) is 10.5. The van der Waals surface area contributed by atoms with E-state index in [-0.39, 0.29) is 17.4 Å². The monoisotopic (exact) mass is 552 g/mol. The molecule has 0 N–H and O–H groups in total. The van der Waals surface area contributed by atoms with Crippen molar-refractivity contribution < 1.29 is 8.53 Å². The Labute approximate surface area is 250 Å². The first-order valence-electron chi connectivity index (χ1n) is 16.1. The minimum absolute atomic E-state index is 0.201. The maximum Gasteiger partial charge on any atom is 0.149 e. The maximum absolute atomic E-state index is 8.34. The average molecular weight is 553 g/mol. The smallest absolute Gasteiger partial charge is 0.149 e. The first-order chi connectivity index (χ1) is 21.5. The van der Waals surface area contributed by atoms with E-state index in [0.717, 1.165) is 33.4 Å². The van der Waals surface area contributed by atoms with Crippen LogP contribution in [0.3, 0.4) is 0 Å². The summed E-state index contributed by atoms with van der Waals surface area (Å²) in [4.78, 5) is 9.94. The molecule has 4 nitrogen and oxygen atoms in total. The average Bonchev–Trinajstić information content (AvgIpc) is 3.60. The molecule has 0 aliphatic rings. The highest BCUT2D eigenvalue weighted by Crippen LogP contribution is 2.43. The Morgan fingerprint density at radius 2 is 1.52 bits per heavy atom. The van der Waals surface area contributed by atoms with Crippen molar-refractivity contribution in [1.82, 2.24) is 14.5 Å². The summed E-state index contributed by atoms with van der Waals surface area (Å²) in [7, 11) is 0. The fourth-order valence-corrected chi connectivity index (χ4v) is 6.20. The van der Waals surface area contributed by atoms with E-state index in [1.54, 1.807) is 12.3 Å². The fraction of sp³-hybridized carbons (Fsp3) is 0.211. The number of aromatic nitrogens is 3. The molecule has 0 amide bonds. The molecule has 0 fully saturated rings. The van der Waals surface area contributed by atoms with Crippen LogP contribution >= 0.6 is 0 Å². The molecule has 4 aromatic carbocycles. The minimum atomic E-state index is -2.31. The molecule has 7 aromatic rings. The number of furan rings is 1. The Morgan fingerprint density at radius 3 is 2.24 bits per heavy atom. The van der Waals surface area contributed by atoms with Gasteiger partial charge in [-0.3, -0.25) is 9.55 Å². The summed E-state index contributed by atoms with van der Waals surface area (Å²) >= 11 is 0. The SMILES string of the molecule is [2H]C([2H])([2H])c1ccc(-c2nc3ccnc(C)c3n2-c2c(C(C)C)cc(-c3ccccc3)cc2C(C)C)c2oc3ccccc3c12. The van der Waals surface area contributed by atoms with Gasteiger partial charge in [-0.2, -0.15) is 0 Å². The molecule has 0 spiro atoms. The molecule has 0 radical (unpaired) electrons. The third kappa shape index (κ3) is 4.05. The molecular weight excluding hydrogens is 514 g/mol. The summed E-state index contributed by atoms with van der Waals surface area (Å²) in [6, 6.07) is 28.2. The highest BCUT2D eigenvalue weighted by molar-refractivity contribution is 6.11. The summed E-state index contributed by atoms with van der Waals surface area (Å²) in [6.07, 6.45) is 1.79. The van der Waals surface area contributed by atoms with Crippen molar-refractivity contribution in [1.29, 1.82) is 0 Å². The summed E-state index contributed by atoms with van der Waals surface area (Å²) in [5.74, 6) is 1.10. The van der Waals surface area contributed by atoms with Crippen molar-refractivity contribution >= 4 is 33.0 Å². The van der Waals surface area contributed by atoms with Crippen molar-refractivity contribution in [2.45, 2.75) is 53.3 Å². The van der Waals surface area contributed by atoms with Gasteiger partial charge in [0.05, 0.1) is 28.0 Å². The number of hydrogen-bond acceptors (Lipinski definition) is 3. The van der Waals surface area contributed by atoms with Gasteiger partial charge in [0.25, 0.3) is 0 Å². The van der Waals surface area contributed by atoms with Crippen LogP contribution in [0.25, 0.3) is 61.2 Å². The lowest BCUT2D eigenvalue weighted by Gasteiger charge is -2.24. The van der Waals surface area contributed by atoms with Crippen molar-refractivity contribution in [3.05, 3.63) is 114 Å². The molecule has 0 aliphatic heterocycles. The molecule has 0 bridgehead atoms. The van der Waals surface area contributed by atoms with E-state index in [9.17, 15) is 0 Å². The number of hydrogen-bond donors (Lipinski definition) is 0. The Hall–Kier alpha value is -4.70. The van der Waals surface area contributed by atoms with Gasteiger partial charge in [0, 0.05) is 21.1 Å². The third-order valence-electron chi connectivity index (χ3n) is 8.26. The Bertz CT molecular complexity index is 2190. The van der Waals surface area contributed by atoms with E-state index < -0.39 is 6.85 Å². The molecule has 3 aromatic heterocycles. The van der Waals surface area contributed by atoms with Gasteiger partial charge in [0.15, 0.2) is 0 Å². The van der Waals surface area contributed by atoms with E-state index >= 15 is 0 Å². The van der Waals surface area contributed by atoms with Gasteiger partial charge in [0.1, 0.15) is 17.0 Å². The van der Waals surface area contributed by atoms with Gasteiger partial charge in [-0.05, 0) is 83.8 Å². The second-order valence-corrected chi connectivity index (χ2v) is 11.7. The third-order valence-corrected chi connectivity index (χ3v) is 8.26. The summed E-state index contributed by atoms with van der Waals surface area (Å²) in [5, 5.41) is 1.38. The Kier molecular flexibility index (Phi) is 5.45. The lowest BCUT2D eigenvalue weighted by atomic mass is 9.88. The maximum atomic E-state index is 8.34. The first-order valence-corrected chi connectivity index (χ1v) is 14.6. The largest absolute Gasteiger partial charge is 0.455 e. The van der Waals surface area contributed by atoms with Crippen LogP contribution in [0, 0.1) is 13.8 Å². The number of imidazole rings is 1. The van der Waals surface area contributed by atoms with Gasteiger partial charge in [-0.1, -0.05) is 82.3 Å². The molecule has 0 unspecified atom stereocenters. The highest BCUT2D eigenvalue weighted by atomic mass is 16.3. The molecule has 0 saturated heterocycles. The van der Waals surface area contributed by atoms with Crippen molar-refractivity contribution in [2.75, 3.05) is 0 Å². The minimum Gasteiger partial charge on any atom is -0.455 e. The van der Waals surface area contributed by atoms with Crippen molar-refractivity contribution in [2.24, 2.45) is 0 Å². The van der Waals surface area contributed by atoms with Crippen LogP contribution in [0.5, 0.6) is 0 Å². The summed E-state index contributed by atoms with van der Waals surface area (Å²) in [6.45, 7) is 8.61. The lowest BCUT2D eigenvalue weighted by molar-refractivity contribution is 0.669. The van der Waals surface area contributed by atoms with Crippen LogP contribution in [0.2, 0.25) is 0 Å². The quantitative estimate of drug-likeness (QED) is 0.213. The van der Waals surface area contributed by atoms with E-state index in [1.807, 2.05) is 49.4 Å². The molecule has 3 heterocycles. The number of rotatable bonds is 5. The molecule has 42 heavy (non-hydrogen) atoms. The lowest BCUT2D eigenvalue weighted by Crippen LogP contribution is -2.10. The first kappa shape index (κ1) is 22.9. The number of pyridine rings is 1. The van der Waals surface area contributed by atoms with Crippen LogP contribution in [-0.2, 0) is 0 Å². The normalized spacial score (nSPS) is 13.4.